The lowest BCUT2D eigenvalue weighted by molar-refractivity contribution is 0.0988. The van der Waals surface area contributed by atoms with Gasteiger partial charge in [-0.05, 0) is 44.0 Å². The van der Waals surface area contributed by atoms with Crippen molar-refractivity contribution >= 4 is 11.6 Å². The molecule has 1 aliphatic heterocycles. The van der Waals surface area contributed by atoms with Crippen LogP contribution in [0, 0.1) is 13.8 Å². The molecule has 1 amide bonds. The van der Waals surface area contributed by atoms with Crippen LogP contribution < -0.4 is 4.90 Å². The van der Waals surface area contributed by atoms with Crippen molar-refractivity contribution in [2.45, 2.75) is 20.3 Å². The summed E-state index contributed by atoms with van der Waals surface area (Å²) in [6, 6.07) is 18.0. The summed E-state index contributed by atoms with van der Waals surface area (Å²) in [6.45, 7) is 4.59. The van der Waals surface area contributed by atoms with E-state index in [2.05, 4.69) is 11.2 Å². The Morgan fingerprint density at radius 2 is 1.71 bits per heavy atom. The minimum atomic E-state index is 0.0390. The minimum Gasteiger partial charge on any atom is -0.308 e. The van der Waals surface area contributed by atoms with Gasteiger partial charge in [0.15, 0.2) is 0 Å². The summed E-state index contributed by atoms with van der Waals surface area (Å²) in [5.41, 5.74) is 5.58. The van der Waals surface area contributed by atoms with E-state index in [1.165, 1.54) is 5.56 Å². The molecular formula is C20H19N3O. The van der Waals surface area contributed by atoms with Gasteiger partial charge in [0.2, 0.25) is 0 Å². The molecule has 2 heterocycles. The smallest absolute Gasteiger partial charge is 0.262 e. The molecule has 2 aromatic carbocycles. The van der Waals surface area contributed by atoms with Gasteiger partial charge in [-0.25, -0.2) is 4.68 Å². The van der Waals surface area contributed by atoms with E-state index in [9.17, 15) is 4.79 Å². The number of carbonyl (C=O) groups is 1. The average Bonchev–Trinajstić information content (AvgIpc) is 3.16. The number of benzene rings is 2. The Hall–Kier alpha value is -2.88. The predicted octanol–water partition coefficient (Wildman–Crippen LogP) is 3.69. The molecule has 0 radical (unpaired) electrons. The number of para-hydroxylation sites is 2. The Kier molecular flexibility index (Phi) is 3.45. The Labute approximate surface area is 141 Å². The number of anilines is 1. The molecule has 1 aliphatic rings. The molecule has 4 nitrogen and oxygen atoms in total. The van der Waals surface area contributed by atoms with E-state index in [-0.39, 0.29) is 5.91 Å². The topological polar surface area (TPSA) is 38.1 Å². The van der Waals surface area contributed by atoms with Crippen molar-refractivity contribution in [2.24, 2.45) is 0 Å². The summed E-state index contributed by atoms with van der Waals surface area (Å²) >= 11 is 0. The molecule has 0 aliphatic carbocycles. The lowest BCUT2D eigenvalue weighted by Crippen LogP contribution is -2.29. The number of nitrogens with zero attached hydrogens (tertiary/aromatic N) is 3. The lowest BCUT2D eigenvalue weighted by Gasteiger charge is -2.17. The normalized spacial score (nSPS) is 13.2. The van der Waals surface area contributed by atoms with Gasteiger partial charge in [0, 0.05) is 12.2 Å². The molecule has 120 valence electrons. The first kappa shape index (κ1) is 14.7. The van der Waals surface area contributed by atoms with Crippen LogP contribution >= 0.6 is 0 Å². The van der Waals surface area contributed by atoms with Crippen molar-refractivity contribution in [3.8, 4) is 5.69 Å². The summed E-state index contributed by atoms with van der Waals surface area (Å²) in [5.74, 6) is 0.0390. The number of aromatic nitrogens is 2. The van der Waals surface area contributed by atoms with E-state index in [1.54, 1.807) is 0 Å². The second-order valence-corrected chi connectivity index (χ2v) is 6.13. The van der Waals surface area contributed by atoms with Crippen molar-refractivity contribution in [2.75, 3.05) is 11.4 Å². The molecule has 0 saturated carbocycles. The quantitative estimate of drug-likeness (QED) is 0.723. The lowest BCUT2D eigenvalue weighted by atomic mass is 10.1. The minimum absolute atomic E-state index is 0.0390. The van der Waals surface area contributed by atoms with Crippen molar-refractivity contribution < 1.29 is 4.79 Å². The molecule has 0 N–H and O–H groups in total. The van der Waals surface area contributed by atoms with Gasteiger partial charge < -0.3 is 4.90 Å². The fraction of sp³-hybridized carbons (Fsp3) is 0.200. The SMILES string of the molecule is Cc1nn(-c2ccccc2)c(C)c1C(=O)N1CCc2ccccc21. The Balaban J connectivity index is 1.76. The van der Waals surface area contributed by atoms with E-state index < -0.39 is 0 Å². The number of carbonyl (C=O) groups excluding carboxylic acids is 1. The second-order valence-electron chi connectivity index (χ2n) is 6.13. The highest BCUT2D eigenvalue weighted by Crippen LogP contribution is 2.30. The van der Waals surface area contributed by atoms with E-state index in [0.29, 0.717) is 5.56 Å². The summed E-state index contributed by atoms with van der Waals surface area (Å²) < 4.78 is 1.85. The van der Waals surface area contributed by atoms with Crippen LogP contribution in [0.1, 0.15) is 27.3 Å². The highest BCUT2D eigenvalue weighted by Gasteiger charge is 2.29. The van der Waals surface area contributed by atoms with Crippen LogP contribution in [0.4, 0.5) is 5.69 Å². The van der Waals surface area contributed by atoms with Crippen LogP contribution in [-0.4, -0.2) is 22.2 Å². The fourth-order valence-electron chi connectivity index (χ4n) is 3.46. The Morgan fingerprint density at radius 1 is 1.00 bits per heavy atom. The molecule has 4 heteroatoms. The molecule has 0 bridgehead atoms. The summed E-state index contributed by atoms with van der Waals surface area (Å²) in [7, 11) is 0. The van der Waals surface area contributed by atoms with Crippen LogP contribution in [-0.2, 0) is 6.42 Å². The first-order valence-electron chi connectivity index (χ1n) is 8.18. The number of hydrogen-bond donors (Lipinski definition) is 0. The van der Waals surface area contributed by atoms with E-state index >= 15 is 0 Å². The van der Waals surface area contributed by atoms with Gasteiger partial charge in [-0.1, -0.05) is 36.4 Å². The fourth-order valence-corrected chi connectivity index (χ4v) is 3.46. The highest BCUT2D eigenvalue weighted by atomic mass is 16.2. The van der Waals surface area contributed by atoms with Crippen molar-refractivity contribution in [1.29, 1.82) is 0 Å². The Morgan fingerprint density at radius 3 is 2.50 bits per heavy atom. The van der Waals surface area contributed by atoms with Gasteiger partial charge in [0.05, 0.1) is 22.6 Å². The van der Waals surface area contributed by atoms with Crippen molar-refractivity contribution in [3.05, 3.63) is 77.1 Å². The van der Waals surface area contributed by atoms with E-state index in [1.807, 2.05) is 72.0 Å². The summed E-state index contributed by atoms with van der Waals surface area (Å²) in [6.07, 6.45) is 0.910. The van der Waals surface area contributed by atoms with E-state index in [0.717, 1.165) is 35.7 Å². The molecule has 0 saturated heterocycles. The molecule has 3 aromatic rings. The average molecular weight is 317 g/mol. The maximum atomic E-state index is 13.2. The summed E-state index contributed by atoms with van der Waals surface area (Å²) in [4.78, 5) is 15.0. The third-order valence-electron chi connectivity index (χ3n) is 4.64. The van der Waals surface area contributed by atoms with Gasteiger partial charge in [0.1, 0.15) is 0 Å². The maximum absolute atomic E-state index is 13.2. The van der Waals surface area contributed by atoms with Crippen LogP contribution in [0.25, 0.3) is 5.69 Å². The van der Waals surface area contributed by atoms with Crippen LogP contribution in [0.3, 0.4) is 0 Å². The summed E-state index contributed by atoms with van der Waals surface area (Å²) in [5, 5.41) is 4.60. The van der Waals surface area contributed by atoms with Gasteiger partial charge in [0.25, 0.3) is 5.91 Å². The monoisotopic (exact) mass is 317 g/mol. The number of rotatable bonds is 2. The van der Waals surface area contributed by atoms with Gasteiger partial charge in [-0.2, -0.15) is 5.10 Å². The van der Waals surface area contributed by atoms with Crippen LogP contribution in [0.5, 0.6) is 0 Å². The van der Waals surface area contributed by atoms with Gasteiger partial charge >= 0.3 is 0 Å². The third kappa shape index (κ3) is 2.22. The molecule has 4 rings (SSSR count). The molecular weight excluding hydrogens is 298 g/mol. The molecule has 24 heavy (non-hydrogen) atoms. The maximum Gasteiger partial charge on any atom is 0.262 e. The first-order chi connectivity index (χ1) is 11.7. The van der Waals surface area contributed by atoms with Gasteiger partial charge in [-0.15, -0.1) is 0 Å². The number of hydrogen-bond acceptors (Lipinski definition) is 2. The standard InChI is InChI=1S/C20H19N3O/c1-14-19(15(2)23(21-14)17-9-4-3-5-10-17)20(24)22-13-12-16-8-6-7-11-18(16)22/h3-11H,12-13H2,1-2H3. The van der Waals surface area contributed by atoms with Crippen LogP contribution in [0.2, 0.25) is 0 Å². The zero-order valence-corrected chi connectivity index (χ0v) is 13.9. The largest absolute Gasteiger partial charge is 0.308 e. The first-order valence-corrected chi connectivity index (χ1v) is 8.18. The highest BCUT2D eigenvalue weighted by molar-refractivity contribution is 6.08. The molecule has 0 spiro atoms. The van der Waals surface area contributed by atoms with Crippen molar-refractivity contribution in [1.82, 2.24) is 9.78 Å². The van der Waals surface area contributed by atoms with Crippen LogP contribution in [0.15, 0.2) is 54.6 Å². The zero-order valence-electron chi connectivity index (χ0n) is 13.9. The number of amides is 1. The van der Waals surface area contributed by atoms with Crippen molar-refractivity contribution in [3.63, 3.8) is 0 Å². The number of fused-ring (bicyclic) bond motifs is 1. The molecule has 1 aromatic heterocycles. The molecule has 0 fully saturated rings. The number of aryl methyl sites for hydroxylation is 1. The van der Waals surface area contributed by atoms with Gasteiger partial charge in [-0.3, -0.25) is 4.79 Å². The predicted molar refractivity (Wildman–Crippen MR) is 94.9 cm³/mol. The molecule has 0 unspecified atom stereocenters. The Bertz CT molecular complexity index is 912. The van der Waals surface area contributed by atoms with E-state index in [4.69, 9.17) is 0 Å². The second kappa shape index (κ2) is 5.64. The zero-order chi connectivity index (χ0) is 16.7. The molecule has 0 atom stereocenters. The third-order valence-corrected chi connectivity index (χ3v) is 4.64.